The molecule has 3 aromatic rings. The molecular weight excluding hydrogens is 338 g/mol. The van der Waals surface area contributed by atoms with Gasteiger partial charge in [-0.25, -0.2) is 14.3 Å². The number of aromatic amines is 1. The minimum atomic E-state index is -0.585. The third-order valence-electron chi connectivity index (χ3n) is 4.26. The van der Waals surface area contributed by atoms with Gasteiger partial charge in [-0.1, -0.05) is 12.1 Å². The van der Waals surface area contributed by atoms with Crippen molar-refractivity contribution in [2.24, 2.45) is 0 Å². The number of hydrogen-bond donors (Lipinski definition) is 1. The molecule has 1 aliphatic heterocycles. The van der Waals surface area contributed by atoms with E-state index in [1.165, 1.54) is 13.3 Å². The molecule has 0 radical (unpaired) electrons. The van der Waals surface area contributed by atoms with E-state index in [0.717, 1.165) is 4.57 Å². The van der Waals surface area contributed by atoms with Gasteiger partial charge in [-0.2, -0.15) is 4.98 Å². The molecule has 2 aromatic heterocycles. The van der Waals surface area contributed by atoms with Crippen LogP contribution in [-0.4, -0.2) is 52.9 Å². The molecule has 0 unspecified atom stereocenters. The highest BCUT2D eigenvalue weighted by atomic mass is 16.5. The van der Waals surface area contributed by atoms with Gasteiger partial charge in [0.1, 0.15) is 11.1 Å². The van der Waals surface area contributed by atoms with Crippen molar-refractivity contribution < 1.29 is 9.47 Å². The third kappa shape index (κ3) is 2.72. The molecule has 26 heavy (non-hydrogen) atoms. The lowest BCUT2D eigenvalue weighted by atomic mass is 10.3. The fourth-order valence-electron chi connectivity index (χ4n) is 2.94. The summed E-state index contributed by atoms with van der Waals surface area (Å²) in [7, 11) is 1.48. The number of fused-ring (bicyclic) bond motifs is 1. The first-order chi connectivity index (χ1) is 12.7. The van der Waals surface area contributed by atoms with Crippen LogP contribution in [0.15, 0.2) is 40.1 Å². The molecule has 9 heteroatoms. The lowest BCUT2D eigenvalue weighted by molar-refractivity contribution is 0.122. The highest BCUT2D eigenvalue weighted by Gasteiger charge is 2.18. The molecular formula is C17H17N5O4. The van der Waals surface area contributed by atoms with E-state index in [2.05, 4.69) is 15.0 Å². The van der Waals surface area contributed by atoms with E-state index in [9.17, 15) is 9.59 Å². The average Bonchev–Trinajstić information content (AvgIpc) is 2.68. The largest absolute Gasteiger partial charge is 0.495 e. The summed E-state index contributed by atoms with van der Waals surface area (Å²) >= 11 is 0. The Bertz CT molecular complexity index is 1070. The fraction of sp³-hybridized carbons (Fsp3) is 0.294. The molecule has 1 aromatic carbocycles. The molecule has 1 saturated heterocycles. The maximum absolute atomic E-state index is 12.9. The zero-order valence-electron chi connectivity index (χ0n) is 14.1. The van der Waals surface area contributed by atoms with Crippen LogP contribution in [0.5, 0.6) is 5.75 Å². The van der Waals surface area contributed by atoms with Crippen LogP contribution < -0.4 is 20.9 Å². The maximum atomic E-state index is 12.9. The van der Waals surface area contributed by atoms with E-state index in [4.69, 9.17) is 9.47 Å². The Morgan fingerprint density at radius 2 is 1.96 bits per heavy atom. The molecule has 1 aliphatic rings. The molecule has 4 rings (SSSR count). The van der Waals surface area contributed by atoms with Gasteiger partial charge in [0.05, 0.1) is 26.0 Å². The first kappa shape index (κ1) is 16.3. The number of morpholine rings is 1. The molecule has 1 N–H and O–H groups in total. The molecule has 3 heterocycles. The van der Waals surface area contributed by atoms with Crippen LogP contribution in [-0.2, 0) is 4.74 Å². The van der Waals surface area contributed by atoms with Crippen molar-refractivity contribution >= 4 is 17.0 Å². The van der Waals surface area contributed by atoms with Crippen LogP contribution in [0.1, 0.15) is 0 Å². The number of benzene rings is 1. The van der Waals surface area contributed by atoms with Crippen molar-refractivity contribution in [1.29, 1.82) is 0 Å². The van der Waals surface area contributed by atoms with E-state index < -0.39 is 11.2 Å². The Hall–Kier alpha value is -3.20. The molecule has 0 amide bonds. The highest BCUT2D eigenvalue weighted by Crippen LogP contribution is 2.20. The topological polar surface area (TPSA) is 102 Å². The summed E-state index contributed by atoms with van der Waals surface area (Å²) in [4.78, 5) is 38.7. The van der Waals surface area contributed by atoms with Crippen LogP contribution in [0, 0.1) is 0 Å². The second-order valence-corrected chi connectivity index (χ2v) is 5.77. The predicted molar refractivity (Wildman–Crippen MR) is 95.3 cm³/mol. The predicted octanol–water partition coefficient (Wildman–Crippen LogP) is 0.314. The first-order valence-electron chi connectivity index (χ1n) is 8.17. The summed E-state index contributed by atoms with van der Waals surface area (Å²) in [6, 6.07) is 6.82. The fourth-order valence-corrected chi connectivity index (χ4v) is 2.94. The van der Waals surface area contributed by atoms with Gasteiger partial charge in [-0.05, 0) is 12.1 Å². The number of anilines is 1. The van der Waals surface area contributed by atoms with Crippen LogP contribution in [0.25, 0.3) is 16.7 Å². The van der Waals surface area contributed by atoms with E-state index in [-0.39, 0.29) is 11.0 Å². The summed E-state index contributed by atoms with van der Waals surface area (Å²) in [5, 5.41) is 0.229. The molecule has 0 spiro atoms. The van der Waals surface area contributed by atoms with E-state index in [0.29, 0.717) is 43.7 Å². The van der Waals surface area contributed by atoms with E-state index in [1.54, 1.807) is 24.3 Å². The number of para-hydroxylation sites is 2. The second kappa shape index (κ2) is 6.60. The van der Waals surface area contributed by atoms with Crippen LogP contribution in [0.3, 0.4) is 0 Å². The normalized spacial score (nSPS) is 14.6. The summed E-state index contributed by atoms with van der Waals surface area (Å²) < 4.78 is 11.6. The third-order valence-corrected chi connectivity index (χ3v) is 4.26. The Morgan fingerprint density at radius 1 is 1.19 bits per heavy atom. The Balaban J connectivity index is 1.87. The van der Waals surface area contributed by atoms with Crippen molar-refractivity contribution in [3.05, 3.63) is 51.3 Å². The maximum Gasteiger partial charge on any atom is 0.334 e. The van der Waals surface area contributed by atoms with Crippen LogP contribution in [0.4, 0.5) is 5.95 Å². The molecule has 0 bridgehead atoms. The van der Waals surface area contributed by atoms with Gasteiger partial charge in [0, 0.05) is 19.3 Å². The Labute approximate surface area is 147 Å². The van der Waals surface area contributed by atoms with E-state index in [1.807, 2.05) is 4.90 Å². The number of ether oxygens (including phenoxy) is 2. The van der Waals surface area contributed by atoms with Crippen molar-refractivity contribution in [2.45, 2.75) is 0 Å². The summed E-state index contributed by atoms with van der Waals surface area (Å²) in [5.41, 5.74) is -0.511. The zero-order chi connectivity index (χ0) is 18.1. The Kier molecular flexibility index (Phi) is 4.13. The number of nitrogens with zero attached hydrogens (tertiary/aromatic N) is 4. The monoisotopic (exact) mass is 355 g/mol. The lowest BCUT2D eigenvalue weighted by Crippen LogP contribution is -2.38. The van der Waals surface area contributed by atoms with E-state index >= 15 is 0 Å². The quantitative estimate of drug-likeness (QED) is 0.721. The van der Waals surface area contributed by atoms with Gasteiger partial charge < -0.3 is 14.4 Å². The molecule has 0 aliphatic carbocycles. The second-order valence-electron chi connectivity index (χ2n) is 5.77. The van der Waals surface area contributed by atoms with Crippen LogP contribution >= 0.6 is 0 Å². The smallest absolute Gasteiger partial charge is 0.334 e. The number of aromatic nitrogens is 4. The van der Waals surface area contributed by atoms with Crippen molar-refractivity contribution in [2.75, 3.05) is 38.3 Å². The highest BCUT2D eigenvalue weighted by molar-refractivity contribution is 5.74. The number of methoxy groups -OCH3 is 1. The van der Waals surface area contributed by atoms with Crippen molar-refractivity contribution in [3.63, 3.8) is 0 Å². The van der Waals surface area contributed by atoms with Crippen molar-refractivity contribution in [3.8, 4) is 11.4 Å². The Morgan fingerprint density at radius 3 is 2.73 bits per heavy atom. The number of hydrogen-bond acceptors (Lipinski definition) is 7. The summed E-state index contributed by atoms with van der Waals surface area (Å²) in [5.74, 6) is 0.885. The summed E-state index contributed by atoms with van der Waals surface area (Å²) in [6.45, 7) is 2.50. The average molecular weight is 355 g/mol. The van der Waals surface area contributed by atoms with Gasteiger partial charge in [-0.15, -0.1) is 0 Å². The van der Waals surface area contributed by atoms with Gasteiger partial charge in [0.25, 0.3) is 5.56 Å². The minimum absolute atomic E-state index is 0.211. The lowest BCUT2D eigenvalue weighted by Gasteiger charge is -2.26. The van der Waals surface area contributed by atoms with Gasteiger partial charge in [0.15, 0.2) is 5.65 Å². The number of rotatable bonds is 3. The first-order valence-corrected chi connectivity index (χ1v) is 8.17. The van der Waals surface area contributed by atoms with Gasteiger partial charge in [0.2, 0.25) is 5.95 Å². The van der Waals surface area contributed by atoms with Crippen molar-refractivity contribution in [1.82, 2.24) is 19.5 Å². The number of nitrogens with one attached hydrogen (secondary N) is 1. The molecule has 0 atom stereocenters. The van der Waals surface area contributed by atoms with Gasteiger partial charge >= 0.3 is 5.69 Å². The molecule has 9 nitrogen and oxygen atoms in total. The SMILES string of the molecule is COc1ccccc1-n1c(=O)[nH]c2nc(N3CCOCC3)ncc2c1=O. The molecule has 0 saturated carbocycles. The standard InChI is InChI=1S/C17H17N5O4/c1-25-13-5-3-2-4-12(13)22-15(23)11-10-18-16(19-14(11)20-17(22)24)21-6-8-26-9-7-21/h2-5,10H,6-9H2,1H3,(H,18,19,20,24). The summed E-state index contributed by atoms with van der Waals surface area (Å²) in [6.07, 6.45) is 1.44. The van der Waals surface area contributed by atoms with Gasteiger partial charge in [-0.3, -0.25) is 9.78 Å². The minimum Gasteiger partial charge on any atom is -0.495 e. The zero-order valence-corrected chi connectivity index (χ0v) is 14.1. The number of H-pyrrole nitrogens is 1. The van der Waals surface area contributed by atoms with Crippen LogP contribution in [0.2, 0.25) is 0 Å². The molecule has 1 fully saturated rings. The molecule has 134 valence electrons.